The number of rotatable bonds is 3. The summed E-state index contributed by atoms with van der Waals surface area (Å²) in [7, 11) is 2.07. The van der Waals surface area contributed by atoms with Crippen molar-refractivity contribution in [1.82, 2.24) is 25.3 Å². The van der Waals surface area contributed by atoms with E-state index in [0.29, 0.717) is 18.1 Å². The molecule has 1 saturated heterocycles. The first kappa shape index (κ1) is 16.9. The highest BCUT2D eigenvalue weighted by Gasteiger charge is 2.30. The van der Waals surface area contributed by atoms with Crippen LogP contribution in [0.5, 0.6) is 0 Å². The molecule has 7 heteroatoms. The van der Waals surface area contributed by atoms with Crippen LogP contribution in [0.1, 0.15) is 41.8 Å². The van der Waals surface area contributed by atoms with Gasteiger partial charge in [0.15, 0.2) is 5.82 Å². The minimum atomic E-state index is -0.135. The van der Waals surface area contributed by atoms with E-state index in [9.17, 15) is 4.79 Å². The molecule has 7 nitrogen and oxygen atoms in total. The van der Waals surface area contributed by atoms with Crippen molar-refractivity contribution in [2.24, 2.45) is 0 Å². The van der Waals surface area contributed by atoms with Gasteiger partial charge in [-0.25, -0.2) is 0 Å². The van der Waals surface area contributed by atoms with Gasteiger partial charge in [0.2, 0.25) is 11.8 Å². The van der Waals surface area contributed by atoms with Crippen molar-refractivity contribution in [3.05, 3.63) is 53.3 Å². The molecule has 2 aromatic rings. The molecule has 1 aromatic carbocycles. The fourth-order valence-electron chi connectivity index (χ4n) is 3.66. The van der Waals surface area contributed by atoms with Crippen LogP contribution in [0.25, 0.3) is 6.08 Å². The van der Waals surface area contributed by atoms with Gasteiger partial charge in [0.1, 0.15) is 0 Å². The van der Waals surface area contributed by atoms with Crippen molar-refractivity contribution in [3.63, 3.8) is 0 Å². The lowest BCUT2D eigenvalue weighted by Crippen LogP contribution is -2.44. The Hall–Kier alpha value is -2.51. The third kappa shape index (κ3) is 3.15. The Morgan fingerprint density at radius 3 is 3.04 bits per heavy atom. The maximum absolute atomic E-state index is 12.1. The summed E-state index contributed by atoms with van der Waals surface area (Å²) in [5.74, 6) is 1.25. The molecular weight excluding hydrogens is 330 g/mol. The summed E-state index contributed by atoms with van der Waals surface area (Å²) in [5.41, 5.74) is 2.22. The molecule has 1 N–H and O–H groups in total. The van der Waals surface area contributed by atoms with Crippen LogP contribution < -0.4 is 5.32 Å². The van der Waals surface area contributed by atoms with E-state index < -0.39 is 0 Å². The van der Waals surface area contributed by atoms with Crippen molar-refractivity contribution in [1.29, 1.82) is 0 Å². The molecule has 3 heterocycles. The van der Waals surface area contributed by atoms with Crippen LogP contribution in [-0.2, 0) is 11.2 Å². The van der Waals surface area contributed by atoms with E-state index in [0.717, 1.165) is 30.8 Å². The van der Waals surface area contributed by atoms with Crippen molar-refractivity contribution >= 4 is 12.0 Å². The highest BCUT2D eigenvalue weighted by Crippen LogP contribution is 2.33. The third-order valence-electron chi connectivity index (χ3n) is 5.13. The average molecular weight is 353 g/mol. The van der Waals surface area contributed by atoms with E-state index >= 15 is 0 Å². The summed E-state index contributed by atoms with van der Waals surface area (Å²) in [6.45, 7) is 4.31. The van der Waals surface area contributed by atoms with Crippen molar-refractivity contribution in [2.75, 3.05) is 26.7 Å². The molecule has 1 aromatic heterocycles. The van der Waals surface area contributed by atoms with Gasteiger partial charge in [-0.15, -0.1) is 0 Å². The standard InChI is InChI=1S/C19H23N5O2/c1-13(25)24-9-7-14-5-3-4-6-15(14)16(24)11-18-21-19(22-26-18)17-12-20-8-10-23(17)2/h3-7,9,16-17,20H,8,10-12H2,1-2H3. The van der Waals surface area contributed by atoms with Crippen LogP contribution in [-0.4, -0.2) is 52.5 Å². The van der Waals surface area contributed by atoms with Crippen LogP contribution in [0.2, 0.25) is 0 Å². The van der Waals surface area contributed by atoms with Gasteiger partial charge in [-0.05, 0) is 24.3 Å². The Morgan fingerprint density at radius 1 is 1.38 bits per heavy atom. The van der Waals surface area contributed by atoms with E-state index in [1.165, 1.54) is 0 Å². The van der Waals surface area contributed by atoms with Gasteiger partial charge in [-0.3, -0.25) is 9.69 Å². The molecule has 2 aliphatic heterocycles. The first-order valence-electron chi connectivity index (χ1n) is 8.93. The molecule has 0 aliphatic carbocycles. The van der Waals surface area contributed by atoms with Crippen LogP contribution in [0.3, 0.4) is 0 Å². The fourth-order valence-corrected chi connectivity index (χ4v) is 3.66. The van der Waals surface area contributed by atoms with Crippen molar-refractivity contribution in [3.8, 4) is 0 Å². The van der Waals surface area contributed by atoms with E-state index in [1.54, 1.807) is 11.8 Å². The first-order valence-corrected chi connectivity index (χ1v) is 8.93. The second-order valence-corrected chi connectivity index (χ2v) is 6.84. The minimum Gasteiger partial charge on any atom is -0.339 e. The third-order valence-corrected chi connectivity index (χ3v) is 5.13. The zero-order valence-corrected chi connectivity index (χ0v) is 15.1. The van der Waals surface area contributed by atoms with Crippen LogP contribution in [0, 0.1) is 0 Å². The monoisotopic (exact) mass is 353 g/mol. The van der Waals surface area contributed by atoms with Gasteiger partial charge in [0.05, 0.1) is 18.5 Å². The molecule has 136 valence electrons. The number of nitrogens with one attached hydrogen (secondary N) is 1. The number of nitrogens with zero attached hydrogens (tertiary/aromatic N) is 4. The van der Waals surface area contributed by atoms with Crippen LogP contribution in [0.15, 0.2) is 35.0 Å². The fraction of sp³-hybridized carbons (Fsp3) is 0.421. The molecule has 2 aliphatic rings. The number of hydrogen-bond acceptors (Lipinski definition) is 6. The second-order valence-electron chi connectivity index (χ2n) is 6.84. The lowest BCUT2D eigenvalue weighted by molar-refractivity contribution is -0.128. The highest BCUT2D eigenvalue weighted by molar-refractivity contribution is 5.77. The Morgan fingerprint density at radius 2 is 2.23 bits per heavy atom. The zero-order chi connectivity index (χ0) is 18.1. The van der Waals surface area contributed by atoms with E-state index in [-0.39, 0.29) is 18.0 Å². The van der Waals surface area contributed by atoms with Gasteiger partial charge < -0.3 is 14.7 Å². The normalized spacial score (nSPS) is 23.1. The number of carbonyl (C=O) groups is 1. The number of hydrogen-bond donors (Lipinski definition) is 1. The van der Waals surface area contributed by atoms with Gasteiger partial charge in [-0.1, -0.05) is 29.4 Å². The molecule has 0 spiro atoms. The zero-order valence-electron chi connectivity index (χ0n) is 15.1. The lowest BCUT2D eigenvalue weighted by Gasteiger charge is -2.32. The Bertz CT molecular complexity index is 831. The quantitative estimate of drug-likeness (QED) is 0.906. The molecule has 2 unspecified atom stereocenters. The van der Waals surface area contributed by atoms with Gasteiger partial charge >= 0.3 is 0 Å². The van der Waals surface area contributed by atoms with Crippen molar-refractivity contribution in [2.45, 2.75) is 25.4 Å². The number of piperazine rings is 1. The Balaban J connectivity index is 1.59. The van der Waals surface area contributed by atoms with Crippen LogP contribution >= 0.6 is 0 Å². The predicted molar refractivity (Wildman–Crippen MR) is 97.0 cm³/mol. The number of aromatic nitrogens is 2. The average Bonchev–Trinajstić information content (AvgIpc) is 3.10. The highest BCUT2D eigenvalue weighted by atomic mass is 16.5. The summed E-state index contributed by atoms with van der Waals surface area (Å²) in [6.07, 6.45) is 4.30. The largest absolute Gasteiger partial charge is 0.339 e. The summed E-state index contributed by atoms with van der Waals surface area (Å²) in [4.78, 5) is 20.7. The Kier molecular flexibility index (Phi) is 4.57. The summed E-state index contributed by atoms with van der Waals surface area (Å²) >= 11 is 0. The molecule has 0 radical (unpaired) electrons. The number of carbonyl (C=O) groups excluding carboxylic acids is 1. The molecule has 1 amide bonds. The molecule has 0 saturated carbocycles. The minimum absolute atomic E-state index is 0.00305. The number of likely N-dealkylation sites (N-methyl/N-ethyl adjacent to an activating group) is 1. The van der Waals surface area contributed by atoms with Crippen LogP contribution in [0.4, 0.5) is 0 Å². The lowest BCUT2D eigenvalue weighted by atomic mass is 9.94. The molecular formula is C19H23N5O2. The number of fused-ring (bicyclic) bond motifs is 1. The predicted octanol–water partition coefficient (Wildman–Crippen LogP) is 1.76. The molecule has 0 bridgehead atoms. The number of benzene rings is 1. The molecule has 26 heavy (non-hydrogen) atoms. The first-order chi connectivity index (χ1) is 12.6. The smallest absolute Gasteiger partial charge is 0.229 e. The van der Waals surface area contributed by atoms with Gasteiger partial charge in [0, 0.05) is 32.8 Å². The van der Waals surface area contributed by atoms with Crippen molar-refractivity contribution < 1.29 is 9.32 Å². The van der Waals surface area contributed by atoms with E-state index in [1.807, 2.05) is 24.4 Å². The number of amides is 1. The maximum atomic E-state index is 12.1. The summed E-state index contributed by atoms with van der Waals surface area (Å²) < 4.78 is 5.53. The molecule has 2 atom stereocenters. The van der Waals surface area contributed by atoms with Gasteiger partial charge in [-0.2, -0.15) is 4.98 Å². The van der Waals surface area contributed by atoms with E-state index in [4.69, 9.17) is 4.52 Å². The topological polar surface area (TPSA) is 74.5 Å². The Labute approximate surface area is 152 Å². The van der Waals surface area contributed by atoms with E-state index in [2.05, 4.69) is 39.5 Å². The van der Waals surface area contributed by atoms with Gasteiger partial charge in [0.25, 0.3) is 0 Å². The maximum Gasteiger partial charge on any atom is 0.229 e. The second kappa shape index (κ2) is 7.01. The summed E-state index contributed by atoms with van der Waals surface area (Å²) in [6, 6.07) is 8.08. The molecule has 1 fully saturated rings. The summed E-state index contributed by atoms with van der Waals surface area (Å²) in [5, 5.41) is 7.56. The molecule has 4 rings (SSSR count). The SMILES string of the molecule is CC(=O)N1C=Cc2ccccc2C1Cc1nc(C2CNCCN2C)no1.